The Labute approximate surface area is 181 Å². The minimum Gasteiger partial charge on any atom is -0.454 e. The number of hydrogen-bond acceptors (Lipinski definition) is 4. The summed E-state index contributed by atoms with van der Waals surface area (Å²) in [5.74, 6) is 0.692. The van der Waals surface area contributed by atoms with Gasteiger partial charge in [0.25, 0.3) is 11.8 Å². The summed E-state index contributed by atoms with van der Waals surface area (Å²) in [4.78, 5) is 29.0. The van der Waals surface area contributed by atoms with Gasteiger partial charge in [0, 0.05) is 26.2 Å². The number of hydrogen-bond donors (Lipinski definition) is 3. The van der Waals surface area contributed by atoms with Gasteiger partial charge in [0.15, 0.2) is 11.7 Å². The third-order valence-corrected chi connectivity index (χ3v) is 3.71. The molecule has 2 rings (SSSR count). The van der Waals surface area contributed by atoms with Crippen LogP contribution in [0.15, 0.2) is 45.8 Å². The summed E-state index contributed by atoms with van der Waals surface area (Å²) in [6, 6.07) is 10.6. The van der Waals surface area contributed by atoms with Gasteiger partial charge in [0.2, 0.25) is 0 Å². The van der Waals surface area contributed by atoms with E-state index in [4.69, 9.17) is 10.2 Å². The highest BCUT2D eigenvalue weighted by Crippen LogP contribution is 2.08. The van der Waals surface area contributed by atoms with Gasteiger partial charge in [-0.25, -0.2) is 4.99 Å². The first-order valence-electron chi connectivity index (χ1n) is 8.62. The molecule has 2 aromatic rings. The van der Waals surface area contributed by atoms with Gasteiger partial charge in [0.1, 0.15) is 5.76 Å². The topological polar surface area (TPSA) is 113 Å². The minimum absolute atomic E-state index is 0. The fourth-order valence-corrected chi connectivity index (χ4v) is 2.30. The molecule has 2 amide bonds. The molecular weight excluding hydrogens is 473 g/mol. The van der Waals surface area contributed by atoms with Gasteiger partial charge in [0.05, 0.1) is 13.1 Å². The largest absolute Gasteiger partial charge is 0.454 e. The van der Waals surface area contributed by atoms with Crippen LogP contribution in [0.4, 0.5) is 0 Å². The van der Waals surface area contributed by atoms with E-state index in [9.17, 15) is 9.59 Å². The number of rotatable bonds is 7. The Morgan fingerprint density at radius 2 is 1.79 bits per heavy atom. The van der Waals surface area contributed by atoms with Crippen LogP contribution < -0.4 is 16.4 Å². The first-order chi connectivity index (χ1) is 12.9. The van der Waals surface area contributed by atoms with Crippen molar-refractivity contribution in [1.29, 1.82) is 0 Å². The minimum atomic E-state index is -0.599. The molecule has 0 unspecified atom stereocenters. The zero-order valence-electron chi connectivity index (χ0n) is 16.2. The lowest BCUT2D eigenvalue weighted by atomic mass is 10.1. The lowest BCUT2D eigenvalue weighted by molar-refractivity contribution is 0.0827. The Kier molecular flexibility index (Phi) is 9.49. The summed E-state index contributed by atoms with van der Waals surface area (Å²) >= 11 is 0. The number of nitrogens with zero attached hydrogens (tertiary/aromatic N) is 2. The smallest absolute Gasteiger partial charge is 0.284 e. The van der Waals surface area contributed by atoms with Crippen LogP contribution in [0, 0.1) is 0 Å². The fourth-order valence-electron chi connectivity index (χ4n) is 2.30. The molecule has 9 heteroatoms. The predicted octanol–water partition coefficient (Wildman–Crippen LogP) is 1.95. The Morgan fingerprint density at radius 3 is 2.32 bits per heavy atom. The van der Waals surface area contributed by atoms with Crippen molar-refractivity contribution in [2.24, 2.45) is 10.7 Å². The highest BCUT2D eigenvalue weighted by Gasteiger charge is 2.08. The van der Waals surface area contributed by atoms with Crippen LogP contribution in [0.1, 0.15) is 39.2 Å². The molecule has 152 valence electrons. The van der Waals surface area contributed by atoms with Crippen LogP contribution >= 0.6 is 24.0 Å². The lowest BCUT2D eigenvalue weighted by Crippen LogP contribution is -2.36. The molecular formula is C19H26IN5O3. The number of halogens is 1. The molecule has 0 radical (unpaired) electrons. The van der Waals surface area contributed by atoms with Crippen LogP contribution in [-0.4, -0.2) is 43.3 Å². The van der Waals surface area contributed by atoms with E-state index < -0.39 is 5.91 Å². The van der Waals surface area contributed by atoms with Crippen molar-refractivity contribution in [1.82, 2.24) is 15.5 Å². The van der Waals surface area contributed by atoms with Crippen molar-refractivity contribution in [3.8, 4) is 0 Å². The number of carbonyl (C=O) groups is 2. The molecule has 0 atom stereocenters. The molecule has 0 bridgehead atoms. The molecule has 0 aliphatic rings. The van der Waals surface area contributed by atoms with E-state index in [1.54, 1.807) is 43.3 Å². The second kappa shape index (κ2) is 11.3. The second-order valence-corrected chi connectivity index (χ2v) is 6.08. The number of nitrogens with two attached hydrogens (primary N) is 1. The number of aliphatic imine (C=N–C) groups is 1. The summed E-state index contributed by atoms with van der Waals surface area (Å²) in [5, 5.41) is 6.28. The molecule has 4 N–H and O–H groups in total. The first-order valence-corrected chi connectivity index (χ1v) is 8.62. The molecule has 1 aromatic carbocycles. The third kappa shape index (κ3) is 6.87. The van der Waals surface area contributed by atoms with Gasteiger partial charge in [-0.1, -0.05) is 12.1 Å². The standard InChI is InChI=1S/C19H25N5O3.HI/c1-4-21-19(23-12-15-9-10-16(27-15)17(20)25)22-11-13-5-7-14(8-6-13)18(26)24(2)3;/h5-10H,4,11-12H2,1-3H3,(H2,20,25)(H2,21,22,23);1H. The summed E-state index contributed by atoms with van der Waals surface area (Å²) in [7, 11) is 3.45. The average molecular weight is 499 g/mol. The van der Waals surface area contributed by atoms with E-state index in [1.165, 1.54) is 0 Å². The molecule has 1 aromatic heterocycles. The van der Waals surface area contributed by atoms with Crippen LogP contribution in [0.2, 0.25) is 0 Å². The van der Waals surface area contributed by atoms with E-state index in [0.717, 1.165) is 5.56 Å². The molecule has 28 heavy (non-hydrogen) atoms. The Morgan fingerprint density at radius 1 is 1.11 bits per heavy atom. The summed E-state index contributed by atoms with van der Waals surface area (Å²) in [5.41, 5.74) is 6.80. The van der Waals surface area contributed by atoms with Gasteiger partial charge in [-0.3, -0.25) is 9.59 Å². The second-order valence-electron chi connectivity index (χ2n) is 6.08. The van der Waals surface area contributed by atoms with Crippen molar-refractivity contribution in [3.05, 3.63) is 59.0 Å². The maximum Gasteiger partial charge on any atom is 0.284 e. The van der Waals surface area contributed by atoms with E-state index in [1.807, 2.05) is 19.1 Å². The molecule has 8 nitrogen and oxygen atoms in total. The highest BCUT2D eigenvalue weighted by atomic mass is 127. The Balaban J connectivity index is 0.00000392. The maximum absolute atomic E-state index is 11.9. The van der Waals surface area contributed by atoms with E-state index in [2.05, 4.69) is 15.6 Å². The SMILES string of the molecule is CCNC(=NCc1ccc(C(=O)N(C)C)cc1)NCc1ccc(C(N)=O)o1.I. The van der Waals surface area contributed by atoms with Gasteiger partial charge in [-0.2, -0.15) is 0 Å². The van der Waals surface area contributed by atoms with E-state index in [-0.39, 0.29) is 35.6 Å². The first kappa shape index (κ1) is 23.5. The van der Waals surface area contributed by atoms with Gasteiger partial charge < -0.3 is 25.7 Å². The fraction of sp³-hybridized carbons (Fsp3) is 0.316. The third-order valence-electron chi connectivity index (χ3n) is 3.71. The van der Waals surface area contributed by atoms with Crippen LogP contribution in [-0.2, 0) is 13.1 Å². The average Bonchev–Trinajstić information content (AvgIpc) is 3.13. The number of amides is 2. The van der Waals surface area contributed by atoms with Crippen molar-refractivity contribution in [3.63, 3.8) is 0 Å². The molecule has 1 heterocycles. The normalized spacial score (nSPS) is 10.8. The zero-order chi connectivity index (χ0) is 19.8. The number of carbonyl (C=O) groups excluding carboxylic acids is 2. The monoisotopic (exact) mass is 499 g/mol. The molecule has 0 fully saturated rings. The number of nitrogens with one attached hydrogen (secondary N) is 2. The highest BCUT2D eigenvalue weighted by molar-refractivity contribution is 14.0. The van der Waals surface area contributed by atoms with Crippen LogP contribution in [0.25, 0.3) is 0 Å². The van der Waals surface area contributed by atoms with Gasteiger partial charge in [-0.05, 0) is 36.8 Å². The van der Waals surface area contributed by atoms with Gasteiger partial charge in [-0.15, -0.1) is 24.0 Å². The molecule has 0 aliphatic heterocycles. The maximum atomic E-state index is 11.9. The number of furan rings is 1. The van der Waals surface area contributed by atoms with Crippen LogP contribution in [0.3, 0.4) is 0 Å². The van der Waals surface area contributed by atoms with E-state index in [0.29, 0.717) is 36.9 Å². The summed E-state index contributed by atoms with van der Waals surface area (Å²) in [6.45, 7) is 3.50. The van der Waals surface area contributed by atoms with Crippen molar-refractivity contribution in [2.75, 3.05) is 20.6 Å². The predicted molar refractivity (Wildman–Crippen MR) is 119 cm³/mol. The quantitative estimate of drug-likeness (QED) is 0.306. The number of guanidine groups is 1. The molecule has 0 saturated carbocycles. The van der Waals surface area contributed by atoms with Crippen LogP contribution in [0.5, 0.6) is 0 Å². The Bertz CT molecular complexity index is 815. The summed E-state index contributed by atoms with van der Waals surface area (Å²) < 4.78 is 5.34. The van der Waals surface area contributed by atoms with Crippen molar-refractivity contribution >= 4 is 41.8 Å². The summed E-state index contributed by atoms with van der Waals surface area (Å²) in [6.07, 6.45) is 0. The molecule has 0 aliphatic carbocycles. The molecule has 0 spiro atoms. The number of benzene rings is 1. The van der Waals surface area contributed by atoms with Gasteiger partial charge >= 0.3 is 0 Å². The zero-order valence-corrected chi connectivity index (χ0v) is 18.5. The molecule has 0 saturated heterocycles. The Hall–Kier alpha value is -2.56. The van der Waals surface area contributed by atoms with E-state index >= 15 is 0 Å². The lowest BCUT2D eigenvalue weighted by Gasteiger charge is -2.11. The van der Waals surface area contributed by atoms with Crippen molar-refractivity contribution < 1.29 is 14.0 Å². The number of primary amides is 1. The van der Waals surface area contributed by atoms with Crippen molar-refractivity contribution in [2.45, 2.75) is 20.0 Å².